The first-order valence-corrected chi connectivity index (χ1v) is 11.7. The molecule has 2 saturated heterocycles. The molecule has 2 amide bonds. The molecule has 2 N–H and O–H groups in total. The molecule has 1 unspecified atom stereocenters. The molecule has 32 heavy (non-hydrogen) atoms. The molecule has 14 nitrogen and oxygen atoms in total. The minimum Gasteiger partial charge on any atom is -0.724 e. The van der Waals surface area contributed by atoms with E-state index in [-0.39, 0.29) is 17.9 Å². The van der Waals surface area contributed by atoms with Crippen LogP contribution in [0.15, 0.2) is 9.41 Å². The van der Waals surface area contributed by atoms with Gasteiger partial charge in [0.2, 0.25) is 22.2 Å². The number of guanidine groups is 1. The number of amides is 2. The third-order valence-electron chi connectivity index (χ3n) is 6.46. The molecule has 1 aromatic heterocycles. The fraction of sp³-hybridized carbons (Fsp3) is 0.765. The van der Waals surface area contributed by atoms with Crippen molar-refractivity contribution in [1.29, 1.82) is 0 Å². The highest BCUT2D eigenvalue weighted by molar-refractivity contribution is 7.80. The quantitative estimate of drug-likeness (QED) is 0.313. The van der Waals surface area contributed by atoms with Gasteiger partial charge in [0.1, 0.15) is 12.1 Å². The number of piperidine rings is 1. The van der Waals surface area contributed by atoms with E-state index in [1.807, 2.05) is 26.0 Å². The molecule has 2 bridgehead atoms. The highest BCUT2D eigenvalue weighted by atomic mass is 32.3. The van der Waals surface area contributed by atoms with Crippen LogP contribution in [0.1, 0.15) is 43.1 Å². The van der Waals surface area contributed by atoms with Gasteiger partial charge in [-0.2, -0.15) is 9.35 Å². The third-order valence-corrected chi connectivity index (χ3v) is 6.80. The minimum atomic E-state index is -5.07. The van der Waals surface area contributed by atoms with Gasteiger partial charge in [0.15, 0.2) is 12.6 Å². The van der Waals surface area contributed by atoms with E-state index >= 15 is 0 Å². The number of nitrogens with two attached hydrogens (primary N) is 1. The number of aromatic nitrogens is 2. The molecule has 4 heterocycles. The van der Waals surface area contributed by atoms with Gasteiger partial charge in [0, 0.05) is 6.54 Å². The summed E-state index contributed by atoms with van der Waals surface area (Å²) in [5, 5.41) is 9.03. The fourth-order valence-electron chi connectivity index (χ4n) is 4.91. The molecular formula is C17H26N8O6S. The zero-order valence-electron chi connectivity index (χ0n) is 18.0. The Bertz CT molecular complexity index is 1080. The minimum absolute atomic E-state index is 0.225. The number of hydrogen-bond acceptors (Lipinski definition) is 11. The summed E-state index contributed by atoms with van der Waals surface area (Å²) in [5.41, 5.74) is 5.74. The number of rotatable bonds is 6. The van der Waals surface area contributed by atoms with E-state index in [1.165, 1.54) is 4.90 Å². The van der Waals surface area contributed by atoms with Gasteiger partial charge in [0.25, 0.3) is 0 Å². The first-order chi connectivity index (χ1) is 14.9. The Balaban J connectivity index is 1.36. The highest BCUT2D eigenvalue weighted by Crippen LogP contribution is 2.61. The average molecular weight is 471 g/mol. The molecule has 15 heteroatoms. The van der Waals surface area contributed by atoms with Gasteiger partial charge >= 0.3 is 6.03 Å². The van der Waals surface area contributed by atoms with Crippen LogP contribution in [0.3, 0.4) is 0 Å². The van der Waals surface area contributed by atoms with Gasteiger partial charge in [-0.1, -0.05) is 0 Å². The lowest BCUT2D eigenvalue weighted by atomic mass is 9.85. The monoisotopic (exact) mass is 470 g/mol. The van der Waals surface area contributed by atoms with Crippen molar-refractivity contribution in [2.45, 2.75) is 37.4 Å². The number of carbonyl (C=O) groups is 1. The number of fused-ring (bicyclic) bond motifs is 3. The number of aliphatic imine (C=N–C) groups is 1. The van der Waals surface area contributed by atoms with Crippen molar-refractivity contribution in [3.05, 3.63) is 11.8 Å². The first-order valence-electron chi connectivity index (χ1n) is 10.3. The molecule has 3 atom stereocenters. The second-order valence-electron chi connectivity index (χ2n) is 9.98. The van der Waals surface area contributed by atoms with Crippen LogP contribution >= 0.6 is 0 Å². The van der Waals surface area contributed by atoms with Crippen LogP contribution in [0, 0.1) is 5.41 Å². The van der Waals surface area contributed by atoms with Crippen molar-refractivity contribution in [3.8, 4) is 0 Å². The summed E-state index contributed by atoms with van der Waals surface area (Å²) in [6, 6.07) is -2.13. The van der Waals surface area contributed by atoms with Crippen LogP contribution < -0.4 is 5.73 Å². The largest absolute Gasteiger partial charge is 0.724 e. The lowest BCUT2D eigenvalue weighted by molar-refractivity contribution is -0.879. The normalized spacial score (nSPS) is 29.2. The van der Waals surface area contributed by atoms with Crippen LogP contribution in [-0.2, 0) is 14.7 Å². The number of nitrogens with zero attached hydrogens (tertiary/aromatic N) is 7. The van der Waals surface area contributed by atoms with Gasteiger partial charge in [0.05, 0.1) is 33.7 Å². The molecule has 176 valence electrons. The second kappa shape index (κ2) is 6.76. The summed E-state index contributed by atoms with van der Waals surface area (Å²) < 4.78 is 44.5. The van der Waals surface area contributed by atoms with E-state index in [4.69, 9.17) is 10.2 Å². The summed E-state index contributed by atoms with van der Waals surface area (Å²) in [6.45, 7) is 1.40. The summed E-state index contributed by atoms with van der Waals surface area (Å²) in [7, 11) is 1.08. The molecule has 1 aromatic rings. The van der Waals surface area contributed by atoms with Crippen molar-refractivity contribution >= 4 is 22.4 Å². The molecule has 3 aliphatic heterocycles. The van der Waals surface area contributed by atoms with E-state index in [1.54, 1.807) is 0 Å². The van der Waals surface area contributed by atoms with E-state index in [2.05, 4.69) is 19.5 Å². The van der Waals surface area contributed by atoms with Crippen LogP contribution in [-0.4, -0.2) is 101 Å². The molecule has 4 aliphatic rings. The predicted molar refractivity (Wildman–Crippen MR) is 106 cm³/mol. The Kier molecular flexibility index (Phi) is 4.51. The Hall–Kier alpha value is -2.49. The highest BCUT2D eigenvalue weighted by Gasteiger charge is 2.64. The van der Waals surface area contributed by atoms with Crippen molar-refractivity contribution in [1.82, 2.24) is 25.1 Å². The van der Waals surface area contributed by atoms with Gasteiger partial charge in [-0.15, -0.1) is 10.2 Å². The van der Waals surface area contributed by atoms with Gasteiger partial charge < -0.3 is 24.1 Å². The first kappa shape index (κ1) is 21.4. The molecule has 3 fully saturated rings. The summed E-state index contributed by atoms with van der Waals surface area (Å²) in [5.74, 6) is 0.964. The van der Waals surface area contributed by atoms with E-state index < -0.39 is 34.6 Å². The van der Waals surface area contributed by atoms with Crippen LogP contribution in [0.25, 0.3) is 0 Å². The molecule has 1 saturated carbocycles. The molecule has 0 radical (unpaired) electrons. The topological polar surface area (TPSA) is 171 Å². The van der Waals surface area contributed by atoms with Crippen molar-refractivity contribution in [3.63, 3.8) is 0 Å². The Morgan fingerprint density at radius 3 is 2.56 bits per heavy atom. The third kappa shape index (κ3) is 3.68. The lowest BCUT2D eigenvalue weighted by Gasteiger charge is -2.34. The lowest BCUT2D eigenvalue weighted by Crippen LogP contribution is -2.48. The predicted octanol–water partition coefficient (Wildman–Crippen LogP) is -0.872. The average Bonchev–Trinajstić information content (AvgIpc) is 3.00. The maximum Gasteiger partial charge on any atom is 0.346 e. The Morgan fingerprint density at radius 2 is 1.94 bits per heavy atom. The summed E-state index contributed by atoms with van der Waals surface area (Å²) in [6.07, 6.45) is 2.10. The Morgan fingerprint density at radius 1 is 1.25 bits per heavy atom. The van der Waals surface area contributed by atoms with Crippen LogP contribution in [0.4, 0.5) is 4.79 Å². The van der Waals surface area contributed by atoms with E-state index in [0.29, 0.717) is 41.0 Å². The smallest absolute Gasteiger partial charge is 0.346 e. The molecule has 1 spiro atoms. The number of carbonyl (C=O) groups excluding carboxylic acids is 1. The molecule has 0 aromatic carbocycles. The van der Waals surface area contributed by atoms with E-state index in [9.17, 15) is 17.8 Å². The fourth-order valence-corrected chi connectivity index (χ4v) is 5.27. The maximum absolute atomic E-state index is 12.8. The van der Waals surface area contributed by atoms with E-state index in [0.717, 1.165) is 12.8 Å². The number of quaternary nitrogens is 1. The summed E-state index contributed by atoms with van der Waals surface area (Å²) >= 11 is 0. The van der Waals surface area contributed by atoms with Gasteiger partial charge in [-0.05, 0) is 24.7 Å². The van der Waals surface area contributed by atoms with Crippen molar-refractivity contribution in [2.75, 3.05) is 40.9 Å². The van der Waals surface area contributed by atoms with Crippen molar-refractivity contribution < 1.29 is 30.9 Å². The molecular weight excluding hydrogens is 444 g/mol. The second-order valence-corrected chi connectivity index (χ2v) is 10.9. The molecule has 5 rings (SSSR count). The van der Waals surface area contributed by atoms with Crippen LogP contribution in [0.5, 0.6) is 0 Å². The standard InChI is InChI=1S/C17H26N8O6S/c1-25(2,3)9-22-7-10(19-15(22)18)13-20-21-14(30-13)11-6-17(4-5-17)12-8-23(11)16(26)24(12)31-32(27,28)29/h10-12H,4-9H2,1-3H3,(H2-,18,19,27,28,29)/t10?,11-,12-/m0/s1. The number of hydrogen-bond donors (Lipinski definition) is 1. The van der Waals surface area contributed by atoms with Crippen molar-refractivity contribution in [2.24, 2.45) is 16.1 Å². The number of hydroxylamine groups is 2. The number of urea groups is 1. The van der Waals surface area contributed by atoms with Gasteiger partial charge in [-0.3, -0.25) is 4.90 Å². The zero-order valence-corrected chi connectivity index (χ0v) is 18.9. The molecule has 1 aliphatic carbocycles. The SMILES string of the molecule is C[N+](C)(C)CN1CC(c2nnc([C@@H]3CC4(CC4)[C@@H]4CN3C(=O)N4OS(=O)(=O)[O-])o2)N=C1N. The zero-order chi connectivity index (χ0) is 23.1. The van der Waals surface area contributed by atoms with Crippen LogP contribution in [0.2, 0.25) is 0 Å². The summed E-state index contributed by atoms with van der Waals surface area (Å²) in [4.78, 5) is 20.6. The maximum atomic E-state index is 12.8. The Labute approximate surface area is 185 Å². The van der Waals surface area contributed by atoms with Gasteiger partial charge in [-0.25, -0.2) is 18.2 Å².